The van der Waals surface area contributed by atoms with Crippen molar-refractivity contribution in [3.8, 4) is 0 Å². The van der Waals surface area contributed by atoms with E-state index in [0.29, 0.717) is 30.6 Å². The Morgan fingerprint density at radius 3 is 2.57 bits per heavy atom. The largest absolute Gasteiger partial charge is 0.480 e. The summed E-state index contributed by atoms with van der Waals surface area (Å²) < 4.78 is 0. The number of aliphatic carboxylic acids is 1. The van der Waals surface area contributed by atoms with Crippen LogP contribution in [0.25, 0.3) is 10.9 Å². The van der Waals surface area contributed by atoms with Gasteiger partial charge in [0.25, 0.3) is 0 Å². The van der Waals surface area contributed by atoms with Crippen molar-refractivity contribution >= 4 is 40.3 Å². The fourth-order valence-electron chi connectivity index (χ4n) is 7.65. The summed E-state index contributed by atoms with van der Waals surface area (Å²) >= 11 is 6.35. The first kappa shape index (κ1) is 31.2. The normalized spacial score (nSPS) is 24.3. The lowest BCUT2D eigenvalue weighted by Crippen LogP contribution is -2.59. The standard InChI is InChI=1S/C33H43ClN8O4/c34-26-5-7-28-23(20-26)8-14-42(32(36-28)24-4-6-29-25(19-24)21-35-37-29)46-33(45)41-11-2-1-3-30(41)40-12-9-27(10-13-40)39-17-15-38(16-18-39)22-31(43)44/h4-7,19-21,27,30,32,36H,1-3,8-18,22H2,(H,35,37)(H,43,44)/t30?,32-/m1/s1. The molecular formula is C33H43ClN8O4. The number of H-pyrrole nitrogens is 1. The summed E-state index contributed by atoms with van der Waals surface area (Å²) in [6.07, 6.45) is 6.91. The number of aromatic nitrogens is 2. The Kier molecular flexibility index (Phi) is 9.32. The van der Waals surface area contributed by atoms with E-state index in [4.69, 9.17) is 21.5 Å². The Morgan fingerprint density at radius 1 is 0.935 bits per heavy atom. The zero-order valence-corrected chi connectivity index (χ0v) is 26.9. The van der Waals surface area contributed by atoms with Gasteiger partial charge in [-0.2, -0.15) is 5.10 Å². The Hall–Kier alpha value is -3.42. The van der Waals surface area contributed by atoms with Crippen molar-refractivity contribution in [2.75, 3.05) is 64.2 Å². The van der Waals surface area contributed by atoms with Crippen molar-refractivity contribution < 1.29 is 19.5 Å². The fraction of sp³-hybridized carbons (Fsp3) is 0.545. The number of carbonyl (C=O) groups is 2. The average molecular weight is 651 g/mol. The lowest BCUT2D eigenvalue weighted by Gasteiger charge is -2.47. The second-order valence-corrected chi connectivity index (χ2v) is 13.4. The average Bonchev–Trinajstić information content (AvgIpc) is 3.47. The first-order valence-electron chi connectivity index (χ1n) is 16.6. The number of fused-ring (bicyclic) bond motifs is 2. The number of benzene rings is 2. The van der Waals surface area contributed by atoms with Gasteiger partial charge in [-0.1, -0.05) is 17.7 Å². The van der Waals surface area contributed by atoms with Gasteiger partial charge in [-0.05, 0) is 80.0 Å². The quantitative estimate of drug-likeness (QED) is 0.358. The number of amides is 1. The van der Waals surface area contributed by atoms with E-state index < -0.39 is 5.97 Å². The number of carboxylic acid groups (broad SMARTS) is 1. The number of hydrogen-bond acceptors (Lipinski definition) is 9. The van der Waals surface area contributed by atoms with E-state index in [-0.39, 0.29) is 25.0 Å². The van der Waals surface area contributed by atoms with E-state index in [9.17, 15) is 9.59 Å². The highest BCUT2D eigenvalue weighted by Crippen LogP contribution is 2.34. The summed E-state index contributed by atoms with van der Waals surface area (Å²) in [5, 5.41) is 23.4. The third kappa shape index (κ3) is 6.82. The van der Waals surface area contributed by atoms with Gasteiger partial charge in [-0.25, -0.2) is 4.79 Å². The summed E-state index contributed by atoms with van der Waals surface area (Å²) in [6, 6.07) is 12.5. The molecule has 1 unspecified atom stereocenters. The molecule has 3 N–H and O–H groups in total. The number of likely N-dealkylation sites (tertiary alicyclic amines) is 2. The minimum absolute atomic E-state index is 0.0197. The number of anilines is 1. The molecule has 3 aromatic rings. The number of nitrogens with zero attached hydrogens (tertiary/aromatic N) is 6. The van der Waals surface area contributed by atoms with E-state index in [1.165, 1.54) is 0 Å². The number of rotatable bonds is 6. The predicted molar refractivity (Wildman–Crippen MR) is 175 cm³/mol. The molecule has 3 saturated heterocycles. The van der Waals surface area contributed by atoms with Gasteiger partial charge in [-0.3, -0.25) is 29.5 Å². The minimum Gasteiger partial charge on any atom is -0.480 e. The van der Waals surface area contributed by atoms with Crippen LogP contribution < -0.4 is 5.32 Å². The predicted octanol–water partition coefficient (Wildman–Crippen LogP) is 4.22. The highest BCUT2D eigenvalue weighted by Gasteiger charge is 2.38. The SMILES string of the molecule is O=C(O)CN1CCN(C2CCN(C3CCCCN3C(=O)ON3CCc4cc(Cl)ccc4N[C@H]3c3ccc4[nH]ncc4c3)CC2)CC1. The maximum absolute atomic E-state index is 14.0. The molecule has 46 heavy (non-hydrogen) atoms. The number of aromatic amines is 1. The lowest BCUT2D eigenvalue weighted by atomic mass is 9.99. The van der Waals surface area contributed by atoms with Crippen LogP contribution in [0.4, 0.5) is 10.5 Å². The Labute approximate surface area is 274 Å². The van der Waals surface area contributed by atoms with E-state index in [1.807, 2.05) is 40.1 Å². The summed E-state index contributed by atoms with van der Waals surface area (Å²) in [4.78, 5) is 40.4. The Morgan fingerprint density at radius 2 is 1.76 bits per heavy atom. The molecule has 0 saturated carbocycles. The van der Waals surface area contributed by atoms with E-state index >= 15 is 0 Å². The number of piperidine rings is 2. The molecule has 0 spiro atoms. The molecule has 246 valence electrons. The van der Waals surface area contributed by atoms with Crippen LogP contribution in [-0.2, 0) is 16.1 Å². The molecular weight excluding hydrogens is 608 g/mol. The molecule has 13 heteroatoms. The van der Waals surface area contributed by atoms with Crippen LogP contribution in [-0.4, -0.2) is 123 Å². The number of nitrogens with one attached hydrogen (secondary N) is 2. The molecule has 1 amide bonds. The highest BCUT2D eigenvalue weighted by molar-refractivity contribution is 6.30. The lowest BCUT2D eigenvalue weighted by molar-refractivity contribution is -0.145. The molecule has 2 aromatic carbocycles. The summed E-state index contributed by atoms with van der Waals surface area (Å²) in [5.74, 6) is -0.759. The summed E-state index contributed by atoms with van der Waals surface area (Å²) in [5.41, 5.74) is 3.99. The number of piperazine rings is 1. The number of hydrogen-bond donors (Lipinski definition) is 3. The number of hydroxylamine groups is 2. The molecule has 0 radical (unpaired) electrons. The molecule has 4 aliphatic rings. The van der Waals surface area contributed by atoms with Gasteiger partial charge >= 0.3 is 12.1 Å². The van der Waals surface area contributed by atoms with Crippen LogP contribution in [0, 0.1) is 0 Å². The number of halogens is 1. The summed E-state index contributed by atoms with van der Waals surface area (Å²) in [7, 11) is 0. The molecule has 12 nitrogen and oxygen atoms in total. The Balaban J connectivity index is 1.03. The van der Waals surface area contributed by atoms with Gasteiger partial charge < -0.3 is 15.3 Å². The molecule has 1 aromatic heterocycles. The van der Waals surface area contributed by atoms with Gasteiger partial charge in [0.15, 0.2) is 0 Å². The van der Waals surface area contributed by atoms with Crippen molar-refractivity contribution in [2.45, 2.75) is 56.9 Å². The smallest absolute Gasteiger partial charge is 0.430 e. The van der Waals surface area contributed by atoms with E-state index in [0.717, 1.165) is 99.1 Å². The first-order valence-corrected chi connectivity index (χ1v) is 16.9. The first-order chi connectivity index (χ1) is 22.4. The van der Waals surface area contributed by atoms with Gasteiger partial charge in [0.05, 0.1) is 24.4 Å². The van der Waals surface area contributed by atoms with Crippen LogP contribution in [0.3, 0.4) is 0 Å². The molecule has 4 aliphatic heterocycles. The molecule has 2 atom stereocenters. The minimum atomic E-state index is -0.759. The van der Waals surface area contributed by atoms with E-state index in [1.54, 1.807) is 11.3 Å². The molecule has 0 aliphatic carbocycles. The second-order valence-electron chi connectivity index (χ2n) is 13.0. The van der Waals surface area contributed by atoms with Crippen LogP contribution in [0.15, 0.2) is 42.6 Å². The van der Waals surface area contributed by atoms with Crippen molar-refractivity contribution in [1.29, 1.82) is 0 Å². The van der Waals surface area contributed by atoms with Crippen LogP contribution in [0.2, 0.25) is 5.02 Å². The Bertz CT molecular complexity index is 1540. The van der Waals surface area contributed by atoms with Gasteiger partial charge in [0, 0.05) is 74.5 Å². The van der Waals surface area contributed by atoms with Crippen molar-refractivity contribution in [3.05, 3.63) is 58.7 Å². The summed E-state index contributed by atoms with van der Waals surface area (Å²) in [6.45, 7) is 6.61. The zero-order valence-electron chi connectivity index (χ0n) is 26.1. The van der Waals surface area contributed by atoms with Gasteiger partial charge in [0.2, 0.25) is 0 Å². The van der Waals surface area contributed by atoms with Gasteiger partial charge in [-0.15, -0.1) is 5.06 Å². The molecule has 7 rings (SSSR count). The molecule has 3 fully saturated rings. The highest BCUT2D eigenvalue weighted by atomic mass is 35.5. The third-order valence-corrected chi connectivity index (χ3v) is 10.4. The number of carboxylic acids is 1. The van der Waals surface area contributed by atoms with E-state index in [2.05, 4.69) is 31.4 Å². The van der Waals surface area contributed by atoms with Crippen LogP contribution in [0.5, 0.6) is 0 Å². The van der Waals surface area contributed by atoms with Crippen molar-refractivity contribution in [1.82, 2.24) is 34.9 Å². The van der Waals surface area contributed by atoms with Crippen molar-refractivity contribution in [3.63, 3.8) is 0 Å². The number of carbonyl (C=O) groups excluding carboxylic acids is 1. The monoisotopic (exact) mass is 650 g/mol. The fourth-order valence-corrected chi connectivity index (χ4v) is 7.85. The third-order valence-electron chi connectivity index (χ3n) is 10.1. The molecule has 0 bridgehead atoms. The molecule has 5 heterocycles. The zero-order chi connectivity index (χ0) is 31.6. The van der Waals surface area contributed by atoms with Gasteiger partial charge in [0.1, 0.15) is 6.17 Å². The van der Waals surface area contributed by atoms with Crippen LogP contribution >= 0.6 is 11.6 Å². The second kappa shape index (κ2) is 13.7. The maximum atomic E-state index is 14.0. The topological polar surface area (TPSA) is 121 Å². The maximum Gasteiger partial charge on any atom is 0.430 e. The van der Waals surface area contributed by atoms with Crippen molar-refractivity contribution in [2.24, 2.45) is 0 Å². The van der Waals surface area contributed by atoms with Crippen LogP contribution in [0.1, 0.15) is 49.4 Å².